The van der Waals surface area contributed by atoms with E-state index in [9.17, 15) is 18.3 Å². The first-order chi connectivity index (χ1) is 15.8. The minimum Gasteiger partial charge on any atom is -0.491 e. The number of fused-ring (bicyclic) bond motifs is 4. The molecule has 1 spiro atoms. The summed E-state index contributed by atoms with van der Waals surface area (Å²) in [6.45, 7) is -0.868. The number of amidine groups is 1. The number of ether oxygens (including phenoxy) is 3. The Morgan fingerprint density at radius 1 is 1.09 bits per heavy atom. The maximum atomic E-state index is 12.6. The maximum Gasteiger partial charge on any atom is 0.417 e. The van der Waals surface area contributed by atoms with Gasteiger partial charge in [0, 0.05) is 29.1 Å². The van der Waals surface area contributed by atoms with Crippen LogP contribution in [0, 0.1) is 0 Å². The number of pyridine rings is 1. The second kappa shape index (κ2) is 7.66. The molecule has 3 heterocycles. The number of rotatable bonds is 4. The second-order valence-corrected chi connectivity index (χ2v) is 7.68. The van der Waals surface area contributed by atoms with Gasteiger partial charge in [0.25, 0.3) is 6.02 Å². The Labute approximate surface area is 186 Å². The van der Waals surface area contributed by atoms with Gasteiger partial charge in [0.2, 0.25) is 0 Å². The summed E-state index contributed by atoms with van der Waals surface area (Å²) in [4.78, 5) is 8.72. The lowest BCUT2D eigenvalue weighted by atomic mass is 9.80. The van der Waals surface area contributed by atoms with Gasteiger partial charge in [-0.25, -0.2) is 4.99 Å². The number of halogens is 3. The Hall–Kier alpha value is -3.79. The fourth-order valence-electron chi connectivity index (χ4n) is 3.91. The van der Waals surface area contributed by atoms with Crippen LogP contribution >= 0.6 is 0 Å². The third kappa shape index (κ3) is 3.72. The number of hydrogen-bond acceptors (Lipinski definition) is 7. The first-order valence-electron chi connectivity index (χ1n) is 9.99. The third-order valence-electron chi connectivity index (χ3n) is 5.55. The number of nitrogens with two attached hydrogens (primary N) is 1. The predicted molar refractivity (Wildman–Crippen MR) is 112 cm³/mol. The molecule has 2 aliphatic rings. The van der Waals surface area contributed by atoms with Crippen molar-refractivity contribution in [2.45, 2.75) is 17.8 Å². The van der Waals surface area contributed by atoms with Crippen LogP contribution < -0.4 is 15.2 Å². The highest BCUT2D eigenvalue weighted by atomic mass is 19.4. The molecule has 7 nitrogen and oxygen atoms in total. The van der Waals surface area contributed by atoms with Crippen LogP contribution in [-0.4, -0.2) is 41.6 Å². The van der Waals surface area contributed by atoms with E-state index in [2.05, 4.69) is 9.98 Å². The summed E-state index contributed by atoms with van der Waals surface area (Å²) in [7, 11) is 0. The molecule has 0 saturated carbocycles. The van der Waals surface area contributed by atoms with Crippen molar-refractivity contribution in [1.29, 1.82) is 0 Å². The Kier molecular flexibility index (Phi) is 4.89. The summed E-state index contributed by atoms with van der Waals surface area (Å²) in [6, 6.07) is 13.9. The lowest BCUT2D eigenvalue weighted by Crippen LogP contribution is -2.34. The van der Waals surface area contributed by atoms with Crippen molar-refractivity contribution in [3.8, 4) is 28.4 Å². The highest BCUT2D eigenvalue weighted by molar-refractivity contribution is 5.78. The first-order valence-corrected chi connectivity index (χ1v) is 9.99. The van der Waals surface area contributed by atoms with Gasteiger partial charge in [0.15, 0.2) is 11.6 Å². The molecule has 0 aliphatic carbocycles. The molecule has 2 aliphatic heterocycles. The van der Waals surface area contributed by atoms with Crippen LogP contribution in [0.15, 0.2) is 65.9 Å². The summed E-state index contributed by atoms with van der Waals surface area (Å²) in [5.74, 6) is 1.12. The van der Waals surface area contributed by atoms with Crippen molar-refractivity contribution < 1.29 is 32.5 Å². The summed E-state index contributed by atoms with van der Waals surface area (Å²) >= 11 is 0. The predicted octanol–water partition coefficient (Wildman–Crippen LogP) is 3.74. The van der Waals surface area contributed by atoms with E-state index in [4.69, 9.17) is 19.9 Å². The fraction of sp³-hybridized carbons (Fsp3) is 0.217. The van der Waals surface area contributed by atoms with Gasteiger partial charge in [-0.15, -0.1) is 0 Å². The van der Waals surface area contributed by atoms with Crippen molar-refractivity contribution >= 4 is 6.02 Å². The molecule has 1 aromatic heterocycles. The minimum atomic E-state index is -4.78. The Morgan fingerprint density at radius 3 is 2.52 bits per heavy atom. The van der Waals surface area contributed by atoms with Crippen LogP contribution in [0.1, 0.15) is 11.1 Å². The van der Waals surface area contributed by atoms with Gasteiger partial charge in [-0.05, 0) is 42.0 Å². The van der Waals surface area contributed by atoms with Gasteiger partial charge < -0.3 is 25.1 Å². The molecule has 3 aromatic rings. The molecule has 2 aromatic carbocycles. The van der Waals surface area contributed by atoms with E-state index < -0.39 is 24.4 Å². The number of aliphatic hydroxyl groups excluding tert-OH is 1. The Morgan fingerprint density at radius 2 is 1.85 bits per heavy atom. The van der Waals surface area contributed by atoms with E-state index in [0.29, 0.717) is 22.6 Å². The molecule has 0 amide bonds. The van der Waals surface area contributed by atoms with Crippen molar-refractivity contribution in [2.24, 2.45) is 10.7 Å². The highest BCUT2D eigenvalue weighted by Gasteiger charge is 2.47. The molecule has 170 valence electrons. The molecular weight excluding hydrogens is 439 g/mol. The van der Waals surface area contributed by atoms with E-state index in [1.807, 2.05) is 30.3 Å². The number of aromatic nitrogens is 1. The van der Waals surface area contributed by atoms with Crippen LogP contribution in [0.3, 0.4) is 0 Å². The molecule has 5 rings (SSSR count). The van der Waals surface area contributed by atoms with Crippen LogP contribution in [0.2, 0.25) is 0 Å². The van der Waals surface area contributed by atoms with E-state index in [1.165, 1.54) is 12.1 Å². The van der Waals surface area contributed by atoms with Gasteiger partial charge in [-0.1, -0.05) is 12.1 Å². The van der Waals surface area contributed by atoms with Crippen molar-refractivity contribution in [1.82, 2.24) is 4.98 Å². The number of hydrogen-bond donors (Lipinski definition) is 2. The quantitative estimate of drug-likeness (QED) is 0.619. The molecule has 3 N–H and O–H groups in total. The van der Waals surface area contributed by atoms with E-state index in [-0.39, 0.29) is 18.4 Å². The topological polar surface area (TPSA) is 99.2 Å². The molecule has 0 bridgehead atoms. The van der Waals surface area contributed by atoms with Crippen molar-refractivity contribution in [3.63, 3.8) is 0 Å². The number of nitrogens with zero attached hydrogens (tertiary/aromatic N) is 2. The number of aliphatic hydroxyl groups is 1. The van der Waals surface area contributed by atoms with Crippen molar-refractivity contribution in [2.75, 3.05) is 13.2 Å². The van der Waals surface area contributed by atoms with Crippen LogP contribution in [0.5, 0.6) is 17.2 Å². The zero-order valence-electron chi connectivity index (χ0n) is 17.0. The van der Waals surface area contributed by atoms with Crippen molar-refractivity contribution in [3.05, 3.63) is 72.1 Å². The lowest BCUT2D eigenvalue weighted by Gasteiger charge is -2.34. The molecule has 0 fully saturated rings. The number of aliphatic imine (C=N–C) groups is 1. The molecular formula is C23H18F3N3O4. The van der Waals surface area contributed by atoms with Crippen LogP contribution in [0.25, 0.3) is 11.1 Å². The van der Waals surface area contributed by atoms with E-state index in [1.54, 1.807) is 18.5 Å². The van der Waals surface area contributed by atoms with Gasteiger partial charge in [0.1, 0.15) is 30.5 Å². The largest absolute Gasteiger partial charge is 0.491 e. The monoisotopic (exact) mass is 457 g/mol. The van der Waals surface area contributed by atoms with Gasteiger partial charge in [-0.2, -0.15) is 13.2 Å². The van der Waals surface area contributed by atoms with E-state index >= 15 is 0 Å². The molecule has 0 unspecified atom stereocenters. The average Bonchev–Trinajstić information content (AvgIpc) is 3.20. The molecule has 0 saturated heterocycles. The lowest BCUT2D eigenvalue weighted by molar-refractivity contribution is -0.210. The smallest absolute Gasteiger partial charge is 0.417 e. The summed E-state index contributed by atoms with van der Waals surface area (Å²) in [5, 5.41) is 9.26. The Balaban J connectivity index is 1.57. The average molecular weight is 457 g/mol. The molecule has 33 heavy (non-hydrogen) atoms. The SMILES string of the molecule is NC1=N[C@]2(CO1)c1cc(OC[C@@H](O)C(F)(F)F)ccc1Oc1ccc(-c3cccnc3)cc12. The van der Waals surface area contributed by atoms with Gasteiger partial charge in [0.05, 0.1) is 0 Å². The molecule has 0 radical (unpaired) electrons. The molecule has 2 atom stereocenters. The summed E-state index contributed by atoms with van der Waals surface area (Å²) in [6.07, 6.45) is -3.98. The van der Waals surface area contributed by atoms with E-state index in [0.717, 1.165) is 11.1 Å². The zero-order chi connectivity index (χ0) is 23.2. The minimum absolute atomic E-state index is 0.0144. The standard InChI is InChI=1S/C23H18F3N3O4/c24-23(25,26)20(30)11-31-15-4-6-19-17(9-15)22(12-32-21(27)29-22)16-8-13(3-5-18(16)33-19)14-2-1-7-28-10-14/h1-10,20,30H,11-12H2,(H2,27,29)/t20-,22+/m1/s1. The number of alkyl halides is 3. The highest BCUT2D eigenvalue weighted by Crippen LogP contribution is 2.52. The summed E-state index contributed by atoms with van der Waals surface area (Å²) in [5.41, 5.74) is 7.76. The number of benzene rings is 2. The van der Waals surface area contributed by atoms with Gasteiger partial charge >= 0.3 is 6.18 Å². The van der Waals surface area contributed by atoms with Crippen LogP contribution in [0.4, 0.5) is 13.2 Å². The summed E-state index contributed by atoms with van der Waals surface area (Å²) < 4.78 is 54.7. The maximum absolute atomic E-state index is 12.6. The first kappa shape index (κ1) is 21.1. The zero-order valence-corrected chi connectivity index (χ0v) is 17.0. The fourth-order valence-corrected chi connectivity index (χ4v) is 3.91. The van der Waals surface area contributed by atoms with Gasteiger partial charge in [-0.3, -0.25) is 4.98 Å². The molecule has 10 heteroatoms. The second-order valence-electron chi connectivity index (χ2n) is 7.68. The normalized spacial score (nSPS) is 19.7. The Bertz CT molecular complexity index is 1230. The van der Waals surface area contributed by atoms with Crippen LogP contribution in [-0.2, 0) is 10.3 Å². The third-order valence-corrected chi connectivity index (χ3v) is 5.55.